The highest BCUT2D eigenvalue weighted by Gasteiger charge is 2.01. The summed E-state index contributed by atoms with van der Waals surface area (Å²) in [4.78, 5) is 0. The second-order valence-electron chi connectivity index (χ2n) is 2.16. The Morgan fingerprint density at radius 3 is 2.83 bits per heavy atom. The van der Waals surface area contributed by atoms with Crippen molar-refractivity contribution < 1.29 is 9.13 Å². The molecule has 1 aromatic rings. The van der Waals surface area contributed by atoms with Gasteiger partial charge in [0.1, 0.15) is 0 Å². The van der Waals surface area contributed by atoms with E-state index in [1.54, 1.807) is 12.1 Å². The number of hydrogen-bond donors (Lipinski definition) is 1. The lowest BCUT2D eigenvalue weighted by molar-refractivity contribution is 0.386. The van der Waals surface area contributed by atoms with E-state index in [0.29, 0.717) is 5.69 Å². The topological polar surface area (TPSA) is 21.3 Å². The van der Waals surface area contributed by atoms with Crippen molar-refractivity contribution in [3.05, 3.63) is 24.0 Å². The minimum atomic E-state index is -0.396. The maximum atomic E-state index is 13.0. The molecule has 0 saturated carbocycles. The third kappa shape index (κ3) is 2.01. The summed E-state index contributed by atoms with van der Waals surface area (Å²) in [7, 11) is 1.42. The summed E-state index contributed by atoms with van der Waals surface area (Å²) in [6.45, 7) is 0. The van der Waals surface area contributed by atoms with E-state index in [9.17, 15) is 4.39 Å². The van der Waals surface area contributed by atoms with Crippen molar-refractivity contribution in [2.24, 2.45) is 0 Å². The van der Waals surface area contributed by atoms with Gasteiger partial charge in [-0.2, -0.15) is 0 Å². The summed E-state index contributed by atoms with van der Waals surface area (Å²) in [5, 5.41) is 2.77. The number of halogens is 2. The molecule has 0 atom stereocenters. The Morgan fingerprint density at radius 1 is 1.58 bits per heavy atom. The van der Waals surface area contributed by atoms with E-state index in [0.717, 1.165) is 0 Å². The summed E-state index contributed by atoms with van der Waals surface area (Å²) in [5.41, 5.74) is 0.642. The minimum Gasteiger partial charge on any atom is -0.494 e. The summed E-state index contributed by atoms with van der Waals surface area (Å²) < 4.78 is 17.7. The van der Waals surface area contributed by atoms with Gasteiger partial charge in [0.25, 0.3) is 0 Å². The fraction of sp³-hybridized carbons (Fsp3) is 0.250. The van der Waals surface area contributed by atoms with Gasteiger partial charge in [-0.15, -0.1) is 11.6 Å². The zero-order chi connectivity index (χ0) is 8.97. The lowest BCUT2D eigenvalue weighted by atomic mass is 10.3. The van der Waals surface area contributed by atoms with Crippen LogP contribution >= 0.6 is 11.6 Å². The van der Waals surface area contributed by atoms with Crippen molar-refractivity contribution in [1.82, 2.24) is 0 Å². The average Bonchev–Trinajstić information content (AvgIpc) is 2.05. The van der Waals surface area contributed by atoms with E-state index >= 15 is 0 Å². The predicted molar refractivity (Wildman–Crippen MR) is 47.3 cm³/mol. The number of benzene rings is 1. The quantitative estimate of drug-likeness (QED) is 0.583. The summed E-state index contributed by atoms with van der Waals surface area (Å²) >= 11 is 5.40. The molecule has 0 aliphatic rings. The second-order valence-corrected chi connectivity index (χ2v) is 2.43. The first-order valence-electron chi connectivity index (χ1n) is 3.41. The molecule has 0 aromatic heterocycles. The number of rotatable bonds is 3. The van der Waals surface area contributed by atoms with Gasteiger partial charge in [-0.3, -0.25) is 0 Å². The molecule has 4 heteroatoms. The fourth-order valence-corrected chi connectivity index (χ4v) is 1.01. The third-order valence-corrected chi connectivity index (χ3v) is 1.56. The van der Waals surface area contributed by atoms with Crippen LogP contribution in [0.2, 0.25) is 0 Å². The first kappa shape index (κ1) is 9.13. The molecular formula is C8H9ClFNO. The molecule has 0 aliphatic heterocycles. The maximum absolute atomic E-state index is 13.0. The van der Waals surface area contributed by atoms with Crippen molar-refractivity contribution in [1.29, 1.82) is 0 Å². The molecular weight excluding hydrogens is 181 g/mol. The number of ether oxygens (including phenoxy) is 1. The lowest BCUT2D eigenvalue weighted by Gasteiger charge is -2.04. The SMILES string of the molecule is COc1ccc(NCCl)cc1F. The van der Waals surface area contributed by atoms with Crippen molar-refractivity contribution in [2.45, 2.75) is 0 Å². The van der Waals surface area contributed by atoms with Crippen LogP contribution in [0.1, 0.15) is 0 Å². The van der Waals surface area contributed by atoms with Gasteiger partial charge in [0.2, 0.25) is 0 Å². The van der Waals surface area contributed by atoms with Gasteiger partial charge in [0.05, 0.1) is 13.1 Å². The Bertz CT molecular complexity index is 267. The standard InChI is InChI=1S/C8H9ClFNO/c1-12-8-3-2-6(11-5-9)4-7(8)10/h2-4,11H,5H2,1H3. The molecule has 1 rings (SSSR count). The van der Waals surface area contributed by atoms with E-state index < -0.39 is 5.82 Å². The molecule has 2 nitrogen and oxygen atoms in total. The molecule has 0 fully saturated rings. The van der Waals surface area contributed by atoms with Crippen molar-refractivity contribution in [3.8, 4) is 5.75 Å². The molecule has 0 saturated heterocycles. The molecule has 12 heavy (non-hydrogen) atoms. The van der Waals surface area contributed by atoms with Crippen molar-refractivity contribution in [2.75, 3.05) is 18.4 Å². The van der Waals surface area contributed by atoms with Gasteiger partial charge in [0.15, 0.2) is 11.6 Å². The minimum absolute atomic E-state index is 0.232. The summed E-state index contributed by atoms with van der Waals surface area (Å²) in [6.07, 6.45) is 0. The van der Waals surface area contributed by atoms with Crippen LogP contribution in [0.15, 0.2) is 18.2 Å². The van der Waals surface area contributed by atoms with E-state index in [2.05, 4.69) is 5.32 Å². The van der Waals surface area contributed by atoms with Gasteiger partial charge < -0.3 is 10.1 Å². The average molecular weight is 190 g/mol. The van der Waals surface area contributed by atoms with Gasteiger partial charge >= 0.3 is 0 Å². The smallest absolute Gasteiger partial charge is 0.167 e. The summed E-state index contributed by atoms with van der Waals surface area (Å²) in [5.74, 6) is -0.164. The maximum Gasteiger partial charge on any atom is 0.167 e. The Balaban J connectivity index is 2.86. The van der Waals surface area contributed by atoms with Crippen molar-refractivity contribution >= 4 is 17.3 Å². The molecule has 66 valence electrons. The fourth-order valence-electron chi connectivity index (χ4n) is 0.853. The molecule has 0 amide bonds. The van der Waals surface area contributed by atoms with Gasteiger partial charge in [0, 0.05) is 11.8 Å². The number of alkyl halides is 1. The monoisotopic (exact) mass is 189 g/mol. The van der Waals surface area contributed by atoms with E-state index in [1.165, 1.54) is 13.2 Å². The zero-order valence-electron chi connectivity index (χ0n) is 6.60. The Labute approximate surface area is 75.3 Å². The van der Waals surface area contributed by atoms with Gasteiger partial charge in [-0.25, -0.2) is 4.39 Å². The molecule has 1 N–H and O–H groups in total. The van der Waals surface area contributed by atoms with Crippen LogP contribution in [-0.4, -0.2) is 13.1 Å². The molecule has 0 aliphatic carbocycles. The number of hydrogen-bond acceptors (Lipinski definition) is 2. The third-order valence-electron chi connectivity index (χ3n) is 1.42. The number of nitrogens with one attached hydrogen (secondary N) is 1. The van der Waals surface area contributed by atoms with Crippen LogP contribution in [0.5, 0.6) is 5.75 Å². The Morgan fingerprint density at radius 2 is 2.33 bits per heavy atom. The highest BCUT2D eigenvalue weighted by Crippen LogP contribution is 2.20. The lowest BCUT2D eigenvalue weighted by Crippen LogP contribution is -1.95. The van der Waals surface area contributed by atoms with Crippen LogP contribution < -0.4 is 10.1 Å². The van der Waals surface area contributed by atoms with Crippen LogP contribution in [0.4, 0.5) is 10.1 Å². The molecule has 0 unspecified atom stereocenters. The Kier molecular flexibility index (Phi) is 3.17. The van der Waals surface area contributed by atoms with Gasteiger partial charge in [-0.1, -0.05) is 0 Å². The summed E-state index contributed by atoms with van der Waals surface area (Å²) in [6, 6.07) is 4.83. The van der Waals surface area contributed by atoms with E-state index in [1.807, 2.05) is 0 Å². The first-order chi connectivity index (χ1) is 5.77. The molecule has 0 radical (unpaired) electrons. The second kappa shape index (κ2) is 4.16. The normalized spacial score (nSPS) is 9.58. The van der Waals surface area contributed by atoms with Crippen molar-refractivity contribution in [3.63, 3.8) is 0 Å². The number of anilines is 1. The van der Waals surface area contributed by atoms with Crippen LogP contribution in [0.25, 0.3) is 0 Å². The van der Waals surface area contributed by atoms with Crippen LogP contribution in [-0.2, 0) is 0 Å². The number of methoxy groups -OCH3 is 1. The van der Waals surface area contributed by atoms with Gasteiger partial charge in [-0.05, 0) is 12.1 Å². The molecule has 0 heterocycles. The molecule has 0 bridgehead atoms. The first-order valence-corrected chi connectivity index (χ1v) is 3.94. The van der Waals surface area contributed by atoms with E-state index in [-0.39, 0.29) is 11.8 Å². The largest absolute Gasteiger partial charge is 0.494 e. The molecule has 0 spiro atoms. The van der Waals surface area contributed by atoms with Crippen LogP contribution in [0.3, 0.4) is 0 Å². The highest BCUT2D eigenvalue weighted by atomic mass is 35.5. The zero-order valence-corrected chi connectivity index (χ0v) is 7.36. The Hall–Kier alpha value is -0.960. The highest BCUT2D eigenvalue weighted by molar-refractivity contribution is 6.18. The van der Waals surface area contributed by atoms with Crippen LogP contribution in [0, 0.1) is 5.82 Å². The van der Waals surface area contributed by atoms with E-state index in [4.69, 9.17) is 16.3 Å². The molecule has 1 aromatic carbocycles. The predicted octanol–water partition coefficient (Wildman–Crippen LogP) is 2.44.